The number of nitrogens with zero attached hydrogens (tertiary/aromatic N) is 5. The van der Waals surface area contributed by atoms with Crippen molar-refractivity contribution in [1.82, 2.24) is 25.1 Å². The average Bonchev–Trinajstić information content (AvgIpc) is 3.72. The molecule has 6 rings (SSSR count). The highest BCUT2D eigenvalue weighted by atomic mass is 19.4. The highest BCUT2D eigenvalue weighted by Crippen LogP contribution is 2.53. The lowest BCUT2D eigenvalue weighted by atomic mass is 9.78. The molecule has 2 aromatic heterocycles. The van der Waals surface area contributed by atoms with Crippen LogP contribution in [0.15, 0.2) is 30.5 Å². The lowest BCUT2D eigenvalue weighted by Crippen LogP contribution is -2.59. The van der Waals surface area contributed by atoms with Crippen molar-refractivity contribution in [3.63, 3.8) is 0 Å². The molecule has 0 bridgehead atoms. The van der Waals surface area contributed by atoms with Crippen molar-refractivity contribution in [2.24, 2.45) is 10.8 Å². The zero-order valence-electron chi connectivity index (χ0n) is 24.8. The van der Waals surface area contributed by atoms with E-state index in [2.05, 4.69) is 20.1 Å². The third-order valence-corrected chi connectivity index (χ3v) is 9.67. The molecule has 1 N–H and O–H groups in total. The number of likely N-dealkylation sites (N-methyl/N-ethyl adjacent to an activating group) is 1. The molecule has 0 unspecified atom stereocenters. The molecule has 2 aromatic rings. The first-order valence-corrected chi connectivity index (χ1v) is 15.2. The molecule has 3 saturated heterocycles. The topological polar surface area (TPSA) is 90.9 Å². The van der Waals surface area contributed by atoms with Crippen LogP contribution < -0.4 is 15.0 Å². The first kappa shape index (κ1) is 29.7. The Labute approximate surface area is 249 Å². The van der Waals surface area contributed by atoms with Crippen LogP contribution in [0.5, 0.6) is 5.88 Å². The Kier molecular flexibility index (Phi) is 7.76. The van der Waals surface area contributed by atoms with Gasteiger partial charge in [-0.2, -0.15) is 13.2 Å². The molecule has 232 valence electrons. The number of aromatic nitrogens is 2. The van der Waals surface area contributed by atoms with Crippen molar-refractivity contribution in [1.29, 1.82) is 0 Å². The number of amides is 2. The predicted octanol–water partition coefficient (Wildman–Crippen LogP) is 4.14. The van der Waals surface area contributed by atoms with E-state index in [-0.39, 0.29) is 30.2 Å². The normalized spacial score (nSPS) is 23.0. The predicted molar refractivity (Wildman–Crippen MR) is 155 cm³/mol. The molecule has 4 fully saturated rings. The summed E-state index contributed by atoms with van der Waals surface area (Å²) in [6.45, 7) is 5.68. The summed E-state index contributed by atoms with van der Waals surface area (Å²) in [5.41, 5.74) is -0.327. The number of ether oxygens (including phenoxy) is 1. The van der Waals surface area contributed by atoms with E-state index in [0.717, 1.165) is 19.5 Å². The fourth-order valence-corrected chi connectivity index (χ4v) is 7.37. The first-order chi connectivity index (χ1) is 20.5. The summed E-state index contributed by atoms with van der Waals surface area (Å²) in [4.78, 5) is 41.8. The van der Waals surface area contributed by atoms with Crippen LogP contribution in [0.2, 0.25) is 0 Å². The van der Waals surface area contributed by atoms with Crippen LogP contribution in [-0.2, 0) is 4.79 Å². The number of nitrogens with one attached hydrogen (secondary N) is 1. The van der Waals surface area contributed by atoms with Crippen molar-refractivity contribution >= 4 is 17.5 Å². The van der Waals surface area contributed by atoms with Crippen LogP contribution in [-0.4, -0.2) is 96.7 Å². The number of alkyl halides is 3. The molecule has 1 aliphatic carbocycles. The van der Waals surface area contributed by atoms with Crippen molar-refractivity contribution < 1.29 is 27.5 Å². The zero-order valence-corrected chi connectivity index (χ0v) is 24.8. The van der Waals surface area contributed by atoms with Crippen LogP contribution in [0.3, 0.4) is 0 Å². The first-order valence-electron chi connectivity index (χ1n) is 15.2. The fourth-order valence-electron chi connectivity index (χ4n) is 7.37. The SMILES string of the molecule is CCOc1ncccc1-c1ccc(N2CC3(CCN(C(=O)C4(C(F)(F)F)CCCC4)C3)C2)c(C(=O)N[C@@H]2CCN(C)C2)n1. The number of halogens is 3. The van der Waals surface area contributed by atoms with Crippen LogP contribution >= 0.6 is 0 Å². The molecule has 5 heterocycles. The van der Waals surface area contributed by atoms with Crippen LogP contribution in [0.25, 0.3) is 11.3 Å². The lowest BCUT2D eigenvalue weighted by Gasteiger charge is -2.50. The van der Waals surface area contributed by atoms with E-state index >= 15 is 0 Å². The van der Waals surface area contributed by atoms with E-state index in [9.17, 15) is 22.8 Å². The van der Waals surface area contributed by atoms with E-state index in [1.807, 2.05) is 32.2 Å². The molecular weight excluding hydrogens is 561 g/mol. The van der Waals surface area contributed by atoms with Gasteiger partial charge in [0.15, 0.2) is 5.69 Å². The van der Waals surface area contributed by atoms with Gasteiger partial charge in [0, 0.05) is 50.4 Å². The smallest absolute Gasteiger partial charge is 0.403 e. The molecule has 1 spiro atoms. The number of hydrogen-bond donors (Lipinski definition) is 1. The monoisotopic (exact) mass is 600 g/mol. The average molecular weight is 601 g/mol. The fraction of sp³-hybridized carbons (Fsp3) is 0.613. The number of hydrogen-bond acceptors (Lipinski definition) is 7. The maximum Gasteiger partial charge on any atom is 0.403 e. The van der Waals surface area contributed by atoms with Gasteiger partial charge in [0.1, 0.15) is 5.41 Å². The maximum atomic E-state index is 14.1. The van der Waals surface area contributed by atoms with Gasteiger partial charge in [-0.15, -0.1) is 0 Å². The van der Waals surface area contributed by atoms with Crippen LogP contribution in [0.1, 0.15) is 55.9 Å². The number of carbonyl (C=O) groups excluding carboxylic acids is 2. The summed E-state index contributed by atoms with van der Waals surface area (Å²) in [7, 11) is 2.02. The molecule has 12 heteroatoms. The zero-order chi connectivity index (χ0) is 30.4. The second-order valence-corrected chi connectivity index (χ2v) is 12.7. The Morgan fingerprint density at radius 3 is 2.53 bits per heavy atom. The Morgan fingerprint density at radius 2 is 1.86 bits per heavy atom. The molecule has 43 heavy (non-hydrogen) atoms. The van der Waals surface area contributed by atoms with Gasteiger partial charge in [0.25, 0.3) is 5.91 Å². The van der Waals surface area contributed by atoms with Gasteiger partial charge < -0.3 is 24.8 Å². The van der Waals surface area contributed by atoms with Crippen molar-refractivity contribution in [3.05, 3.63) is 36.2 Å². The molecular formula is C31H39F3N6O3. The minimum absolute atomic E-state index is 0.0156. The van der Waals surface area contributed by atoms with E-state index in [0.29, 0.717) is 80.6 Å². The van der Waals surface area contributed by atoms with Gasteiger partial charge in [-0.25, -0.2) is 9.97 Å². The number of likely N-dealkylation sites (tertiary alicyclic amines) is 2. The quantitative estimate of drug-likeness (QED) is 0.511. The summed E-state index contributed by atoms with van der Waals surface area (Å²) >= 11 is 0. The molecule has 1 saturated carbocycles. The third kappa shape index (κ3) is 5.42. The van der Waals surface area contributed by atoms with Crippen LogP contribution in [0, 0.1) is 10.8 Å². The van der Waals surface area contributed by atoms with E-state index in [4.69, 9.17) is 9.72 Å². The van der Waals surface area contributed by atoms with Crippen LogP contribution in [0.4, 0.5) is 18.9 Å². The van der Waals surface area contributed by atoms with Gasteiger partial charge in [-0.3, -0.25) is 9.59 Å². The second kappa shape index (κ2) is 11.3. The highest BCUT2D eigenvalue weighted by molar-refractivity contribution is 5.99. The van der Waals surface area contributed by atoms with Crippen molar-refractivity contribution in [2.45, 2.75) is 57.7 Å². The summed E-state index contributed by atoms with van der Waals surface area (Å²) in [5.74, 6) is -0.593. The second-order valence-electron chi connectivity index (χ2n) is 12.7. The summed E-state index contributed by atoms with van der Waals surface area (Å²) < 4.78 is 48.0. The minimum atomic E-state index is -4.54. The third-order valence-electron chi connectivity index (χ3n) is 9.67. The van der Waals surface area contributed by atoms with Gasteiger partial charge >= 0.3 is 6.18 Å². The van der Waals surface area contributed by atoms with Gasteiger partial charge in [-0.1, -0.05) is 12.8 Å². The summed E-state index contributed by atoms with van der Waals surface area (Å²) in [5, 5.41) is 3.14. The Hall–Kier alpha value is -3.41. The maximum absolute atomic E-state index is 14.1. The van der Waals surface area contributed by atoms with Crippen molar-refractivity contribution in [2.75, 3.05) is 57.8 Å². The summed E-state index contributed by atoms with van der Waals surface area (Å²) in [6, 6.07) is 7.39. The van der Waals surface area contributed by atoms with Gasteiger partial charge in [-0.05, 0) is 70.5 Å². The molecule has 4 aliphatic rings. The molecule has 9 nitrogen and oxygen atoms in total. The number of anilines is 1. The number of carbonyl (C=O) groups is 2. The largest absolute Gasteiger partial charge is 0.477 e. The number of rotatable bonds is 7. The number of pyridine rings is 2. The Morgan fingerprint density at radius 1 is 1.09 bits per heavy atom. The van der Waals surface area contributed by atoms with E-state index < -0.39 is 17.5 Å². The van der Waals surface area contributed by atoms with E-state index in [1.165, 1.54) is 4.90 Å². The summed E-state index contributed by atoms with van der Waals surface area (Å²) in [6.07, 6.45) is -0.807. The molecule has 1 atom stereocenters. The highest BCUT2D eigenvalue weighted by Gasteiger charge is 2.63. The van der Waals surface area contributed by atoms with Gasteiger partial charge in [0.2, 0.25) is 11.8 Å². The Balaban J connectivity index is 1.23. The lowest BCUT2D eigenvalue weighted by molar-refractivity contribution is -0.225. The van der Waals surface area contributed by atoms with Gasteiger partial charge in [0.05, 0.1) is 23.6 Å². The molecule has 2 amide bonds. The molecule has 0 radical (unpaired) electrons. The molecule has 3 aliphatic heterocycles. The Bertz CT molecular complexity index is 1370. The van der Waals surface area contributed by atoms with Crippen molar-refractivity contribution in [3.8, 4) is 17.1 Å². The standard InChI is InChI=1S/C31H39F3N6O3/c1-3-43-27-22(7-6-14-35-27)23-8-9-24(25(37-23)26(41)36-21-10-15-38(2)17-21)40-19-29(20-40)13-16-39(18-29)28(42)30(31(32,33)34)11-4-5-12-30/h6-9,14,21H,3-5,10-13,15-20H2,1-2H3,(H,36,41)/t21-/m1/s1. The minimum Gasteiger partial charge on any atom is -0.477 e. The van der Waals surface area contributed by atoms with E-state index in [1.54, 1.807) is 12.3 Å². The molecule has 0 aromatic carbocycles.